The van der Waals surface area contributed by atoms with Gasteiger partial charge in [-0.25, -0.2) is 13.8 Å². The summed E-state index contributed by atoms with van der Waals surface area (Å²) in [6, 6.07) is 18.0. The first-order valence-electron chi connectivity index (χ1n) is 9.27. The van der Waals surface area contributed by atoms with E-state index in [1.807, 2.05) is 0 Å². The summed E-state index contributed by atoms with van der Waals surface area (Å²) in [6.07, 6.45) is 0. The van der Waals surface area contributed by atoms with E-state index in [-0.39, 0.29) is 30.0 Å². The number of para-hydroxylation sites is 1. The number of aromatic amines is 1. The highest BCUT2D eigenvalue weighted by Gasteiger charge is 2.19. The molecule has 150 valence electrons. The number of aromatic nitrogens is 2. The maximum absolute atomic E-state index is 13.6. The Labute approximate surface area is 170 Å². The van der Waals surface area contributed by atoms with Gasteiger partial charge in [0.15, 0.2) is 0 Å². The lowest BCUT2D eigenvalue weighted by Crippen LogP contribution is -2.31. The third kappa shape index (κ3) is 4.25. The Morgan fingerprint density at radius 1 is 0.900 bits per heavy atom. The van der Waals surface area contributed by atoms with Crippen LogP contribution in [0, 0.1) is 11.6 Å². The Balaban J connectivity index is 1.70. The molecule has 0 atom stereocenters. The second-order valence-corrected chi connectivity index (χ2v) is 6.83. The fourth-order valence-electron chi connectivity index (χ4n) is 3.20. The van der Waals surface area contributed by atoms with E-state index in [9.17, 15) is 18.4 Å². The number of hydrogen-bond acceptors (Lipinski definition) is 3. The number of H-pyrrole nitrogens is 1. The van der Waals surface area contributed by atoms with Crippen molar-refractivity contribution in [3.05, 3.63) is 112 Å². The number of rotatable bonds is 5. The van der Waals surface area contributed by atoms with E-state index < -0.39 is 11.7 Å². The summed E-state index contributed by atoms with van der Waals surface area (Å²) in [5, 5.41) is 0.447. The molecule has 0 fully saturated rings. The van der Waals surface area contributed by atoms with Crippen LogP contribution in [-0.4, -0.2) is 20.8 Å². The molecule has 0 saturated carbocycles. The lowest BCUT2D eigenvalue weighted by molar-refractivity contribution is 0.0725. The predicted molar refractivity (Wildman–Crippen MR) is 109 cm³/mol. The second-order valence-electron chi connectivity index (χ2n) is 6.83. The van der Waals surface area contributed by atoms with Gasteiger partial charge in [0.25, 0.3) is 11.5 Å². The highest BCUT2D eigenvalue weighted by atomic mass is 19.1. The minimum absolute atomic E-state index is 0.00715. The highest BCUT2D eigenvalue weighted by Crippen LogP contribution is 2.15. The van der Waals surface area contributed by atoms with Crippen LogP contribution in [0.5, 0.6) is 0 Å². The van der Waals surface area contributed by atoms with Gasteiger partial charge in [0, 0.05) is 12.1 Å². The predicted octanol–water partition coefficient (Wildman–Crippen LogP) is 4.04. The molecule has 4 aromatic rings. The Kier molecular flexibility index (Phi) is 5.34. The molecule has 0 aliphatic carbocycles. The smallest absolute Gasteiger partial charge is 0.258 e. The van der Waals surface area contributed by atoms with Crippen LogP contribution < -0.4 is 5.56 Å². The molecule has 1 N–H and O–H groups in total. The minimum atomic E-state index is -0.528. The van der Waals surface area contributed by atoms with Gasteiger partial charge in [-0.15, -0.1) is 0 Å². The number of nitrogens with zero attached hydrogens (tertiary/aromatic N) is 2. The normalized spacial score (nSPS) is 10.9. The summed E-state index contributed by atoms with van der Waals surface area (Å²) < 4.78 is 26.9. The van der Waals surface area contributed by atoms with Gasteiger partial charge in [-0.05, 0) is 48.0 Å². The van der Waals surface area contributed by atoms with Crippen molar-refractivity contribution in [3.8, 4) is 0 Å². The summed E-state index contributed by atoms with van der Waals surface area (Å²) in [5.74, 6) is -1.05. The Hall–Kier alpha value is -3.87. The first kappa shape index (κ1) is 19.4. The number of carbonyl (C=O) groups is 1. The summed E-state index contributed by atoms with van der Waals surface area (Å²) >= 11 is 0. The molecule has 30 heavy (non-hydrogen) atoms. The van der Waals surface area contributed by atoms with Gasteiger partial charge in [-0.3, -0.25) is 9.59 Å². The summed E-state index contributed by atoms with van der Waals surface area (Å²) in [7, 11) is 0. The molecular formula is C23H17F2N3O2. The molecule has 5 nitrogen and oxygen atoms in total. The lowest BCUT2D eigenvalue weighted by Gasteiger charge is -2.23. The number of nitrogens with one attached hydrogen (secondary N) is 1. The van der Waals surface area contributed by atoms with E-state index in [2.05, 4.69) is 9.97 Å². The van der Waals surface area contributed by atoms with Crippen LogP contribution in [0.25, 0.3) is 10.9 Å². The van der Waals surface area contributed by atoms with Gasteiger partial charge in [0.2, 0.25) is 0 Å². The van der Waals surface area contributed by atoms with Crippen molar-refractivity contribution in [1.82, 2.24) is 14.9 Å². The molecule has 0 aliphatic rings. The molecule has 0 saturated heterocycles. The monoisotopic (exact) mass is 405 g/mol. The number of fused-ring (bicyclic) bond motifs is 1. The van der Waals surface area contributed by atoms with Crippen molar-refractivity contribution < 1.29 is 13.6 Å². The van der Waals surface area contributed by atoms with Crippen LogP contribution in [0.1, 0.15) is 21.7 Å². The van der Waals surface area contributed by atoms with Gasteiger partial charge >= 0.3 is 0 Å². The van der Waals surface area contributed by atoms with Crippen molar-refractivity contribution in [2.75, 3.05) is 0 Å². The number of halogens is 2. The van der Waals surface area contributed by atoms with E-state index in [0.717, 1.165) is 6.07 Å². The zero-order valence-corrected chi connectivity index (χ0v) is 15.8. The van der Waals surface area contributed by atoms with E-state index in [0.29, 0.717) is 22.3 Å². The van der Waals surface area contributed by atoms with Crippen LogP contribution >= 0.6 is 0 Å². The average Bonchev–Trinajstić information content (AvgIpc) is 2.74. The van der Waals surface area contributed by atoms with Gasteiger partial charge in [-0.2, -0.15) is 0 Å². The number of benzene rings is 3. The molecule has 1 amide bonds. The summed E-state index contributed by atoms with van der Waals surface area (Å²) in [4.78, 5) is 34.0. The van der Waals surface area contributed by atoms with E-state index in [1.54, 1.807) is 36.4 Å². The number of carbonyl (C=O) groups excluding carboxylic acids is 1. The largest absolute Gasteiger partial charge is 0.327 e. The Morgan fingerprint density at radius 3 is 2.43 bits per heavy atom. The molecule has 0 bridgehead atoms. The van der Waals surface area contributed by atoms with Crippen LogP contribution in [-0.2, 0) is 13.1 Å². The van der Waals surface area contributed by atoms with Gasteiger partial charge < -0.3 is 9.88 Å². The molecule has 7 heteroatoms. The lowest BCUT2D eigenvalue weighted by atomic mass is 10.1. The molecule has 0 radical (unpaired) electrons. The van der Waals surface area contributed by atoms with Crippen molar-refractivity contribution in [3.63, 3.8) is 0 Å². The molecule has 4 rings (SSSR count). The fourth-order valence-corrected chi connectivity index (χ4v) is 3.20. The van der Waals surface area contributed by atoms with Crippen LogP contribution in [0.3, 0.4) is 0 Å². The second kappa shape index (κ2) is 8.24. The number of amides is 1. The first-order chi connectivity index (χ1) is 14.5. The summed E-state index contributed by atoms with van der Waals surface area (Å²) in [5.41, 5.74) is 1.05. The highest BCUT2D eigenvalue weighted by molar-refractivity contribution is 5.94. The van der Waals surface area contributed by atoms with Crippen LogP contribution in [0.4, 0.5) is 8.78 Å². The number of hydrogen-bond donors (Lipinski definition) is 1. The average molecular weight is 405 g/mol. The molecule has 0 spiro atoms. The maximum Gasteiger partial charge on any atom is 0.258 e. The van der Waals surface area contributed by atoms with Gasteiger partial charge in [0.1, 0.15) is 17.5 Å². The van der Waals surface area contributed by atoms with Crippen molar-refractivity contribution in [2.45, 2.75) is 13.1 Å². The van der Waals surface area contributed by atoms with Crippen molar-refractivity contribution in [1.29, 1.82) is 0 Å². The first-order valence-corrected chi connectivity index (χ1v) is 9.27. The third-order valence-electron chi connectivity index (χ3n) is 4.65. The molecule has 0 unspecified atom stereocenters. The van der Waals surface area contributed by atoms with E-state index in [1.165, 1.54) is 35.2 Å². The SMILES string of the molecule is O=C(c1cccc(F)c1)N(Cc1ccc(F)cc1)Cc1nc2ccccc2c(=O)[nH]1. The quantitative estimate of drug-likeness (QED) is 0.545. The van der Waals surface area contributed by atoms with Crippen LogP contribution in [0.15, 0.2) is 77.6 Å². The Morgan fingerprint density at radius 2 is 1.67 bits per heavy atom. The molecule has 1 heterocycles. The standard InChI is InChI=1S/C23H17F2N3O2/c24-17-10-8-15(9-11-17)13-28(23(30)16-4-3-5-18(25)12-16)14-21-26-20-7-2-1-6-19(20)22(29)27-21/h1-12H,13-14H2,(H,26,27,29). The summed E-state index contributed by atoms with van der Waals surface area (Å²) in [6.45, 7) is 0.124. The van der Waals surface area contributed by atoms with Crippen LogP contribution in [0.2, 0.25) is 0 Å². The maximum atomic E-state index is 13.6. The Bertz CT molecular complexity index is 1270. The van der Waals surface area contributed by atoms with Crippen molar-refractivity contribution >= 4 is 16.8 Å². The third-order valence-corrected chi connectivity index (χ3v) is 4.65. The van der Waals surface area contributed by atoms with Gasteiger partial charge in [-0.1, -0.05) is 30.3 Å². The molecule has 3 aromatic carbocycles. The zero-order chi connectivity index (χ0) is 21.1. The topological polar surface area (TPSA) is 66.1 Å². The van der Waals surface area contributed by atoms with Crippen molar-refractivity contribution in [2.24, 2.45) is 0 Å². The minimum Gasteiger partial charge on any atom is -0.327 e. The van der Waals surface area contributed by atoms with Gasteiger partial charge in [0.05, 0.1) is 17.4 Å². The fraction of sp³-hybridized carbons (Fsp3) is 0.0870. The molecule has 0 aliphatic heterocycles. The van der Waals surface area contributed by atoms with E-state index in [4.69, 9.17) is 0 Å². The van der Waals surface area contributed by atoms with E-state index >= 15 is 0 Å². The zero-order valence-electron chi connectivity index (χ0n) is 15.8. The molecular weight excluding hydrogens is 388 g/mol. The molecule has 1 aromatic heterocycles.